The van der Waals surface area contributed by atoms with Gasteiger partial charge in [-0.05, 0) is 13.0 Å². The molecule has 0 aliphatic heterocycles. The molecule has 0 unspecified atom stereocenters. The molecule has 1 aromatic rings. The van der Waals surface area contributed by atoms with Gasteiger partial charge in [0.25, 0.3) is 0 Å². The second-order valence-corrected chi connectivity index (χ2v) is 2.70. The Hall–Kier alpha value is -1.53. The number of pyridine rings is 1. The second-order valence-electron chi connectivity index (χ2n) is 2.70. The molecule has 3 N–H and O–H groups in total. The molecule has 0 aliphatic carbocycles. The lowest BCUT2D eigenvalue weighted by atomic mass is 10.2. The molecule has 0 fully saturated rings. The molecular weight excluding hydrogens is 164 g/mol. The van der Waals surface area contributed by atoms with Crippen molar-refractivity contribution < 1.29 is 0 Å². The van der Waals surface area contributed by atoms with Crippen LogP contribution in [0.1, 0.15) is 17.7 Å². The summed E-state index contributed by atoms with van der Waals surface area (Å²) in [5.74, 6) is 5.86. The second kappa shape index (κ2) is 4.48. The lowest BCUT2D eigenvalue weighted by Crippen LogP contribution is -2.05. The van der Waals surface area contributed by atoms with Crippen LogP contribution >= 0.6 is 0 Å². The predicted octanol–water partition coefficient (Wildman–Crippen LogP) is 0.384. The number of aromatic nitrogens is 1. The summed E-state index contributed by atoms with van der Waals surface area (Å²) in [6, 6.07) is 3.19. The summed E-state index contributed by atoms with van der Waals surface area (Å²) >= 11 is 0. The van der Waals surface area contributed by atoms with Crippen molar-refractivity contribution in [3.05, 3.63) is 33.7 Å². The highest BCUT2D eigenvalue weighted by Gasteiger charge is 1.92. The van der Waals surface area contributed by atoms with E-state index in [1.165, 1.54) is 6.07 Å². The minimum Gasteiger partial charge on any atom is -0.330 e. The van der Waals surface area contributed by atoms with E-state index >= 15 is 0 Å². The van der Waals surface area contributed by atoms with E-state index in [0.717, 1.165) is 11.3 Å². The minimum atomic E-state index is -0.0955. The number of hydrogen-bond acceptors (Lipinski definition) is 2. The zero-order valence-corrected chi connectivity index (χ0v) is 7.55. The van der Waals surface area contributed by atoms with Crippen LogP contribution in [0.2, 0.25) is 0 Å². The summed E-state index contributed by atoms with van der Waals surface area (Å²) in [7, 11) is 0. The molecule has 0 spiro atoms. The first-order valence-corrected chi connectivity index (χ1v) is 4.13. The van der Waals surface area contributed by atoms with Crippen LogP contribution < -0.4 is 11.3 Å². The van der Waals surface area contributed by atoms with Gasteiger partial charge in [0.2, 0.25) is 5.56 Å². The Morgan fingerprint density at radius 1 is 1.54 bits per heavy atom. The zero-order chi connectivity index (χ0) is 9.68. The number of nitrogens with one attached hydrogen (secondary N) is 1. The average Bonchev–Trinajstić information content (AvgIpc) is 2.09. The first kappa shape index (κ1) is 9.56. The molecule has 1 aromatic heterocycles. The molecule has 13 heavy (non-hydrogen) atoms. The van der Waals surface area contributed by atoms with Crippen molar-refractivity contribution in [2.45, 2.75) is 13.3 Å². The number of H-pyrrole nitrogens is 1. The van der Waals surface area contributed by atoms with Crippen LogP contribution in [0.15, 0.2) is 16.9 Å². The van der Waals surface area contributed by atoms with E-state index in [4.69, 9.17) is 5.73 Å². The Morgan fingerprint density at radius 2 is 2.31 bits per heavy atom. The fourth-order valence-corrected chi connectivity index (χ4v) is 0.943. The highest BCUT2D eigenvalue weighted by Crippen LogP contribution is 1.97. The molecule has 68 valence electrons. The van der Waals surface area contributed by atoms with Crippen LogP contribution in [0.4, 0.5) is 0 Å². The van der Waals surface area contributed by atoms with E-state index in [9.17, 15) is 4.79 Å². The smallest absolute Gasteiger partial charge is 0.248 e. The first-order chi connectivity index (χ1) is 6.24. The molecule has 0 bridgehead atoms. The van der Waals surface area contributed by atoms with Gasteiger partial charge in [0.05, 0.1) is 0 Å². The minimum absolute atomic E-state index is 0.0955. The number of nitrogens with two attached hydrogens (primary N) is 1. The van der Waals surface area contributed by atoms with E-state index in [1.54, 1.807) is 6.07 Å². The van der Waals surface area contributed by atoms with Gasteiger partial charge < -0.3 is 10.7 Å². The standard InChI is InChI=1S/C10H12N2O/c1-8-9(4-2-3-7-11)5-6-10(13)12-8/h5-6H,3,7,11H2,1H3,(H,12,13). The molecule has 1 rings (SSSR count). The van der Waals surface area contributed by atoms with E-state index < -0.39 is 0 Å². The van der Waals surface area contributed by atoms with Crippen LogP contribution in [0, 0.1) is 18.8 Å². The molecule has 1 heterocycles. The van der Waals surface area contributed by atoms with E-state index in [0.29, 0.717) is 13.0 Å². The van der Waals surface area contributed by atoms with Crippen molar-refractivity contribution in [3.8, 4) is 11.8 Å². The van der Waals surface area contributed by atoms with E-state index in [-0.39, 0.29) is 5.56 Å². The monoisotopic (exact) mass is 176 g/mol. The summed E-state index contributed by atoms with van der Waals surface area (Å²) in [5, 5.41) is 0. The molecule has 3 nitrogen and oxygen atoms in total. The maximum atomic E-state index is 10.8. The predicted molar refractivity (Wildman–Crippen MR) is 52.3 cm³/mol. The van der Waals surface area contributed by atoms with Crippen molar-refractivity contribution in [3.63, 3.8) is 0 Å². The lowest BCUT2D eigenvalue weighted by Gasteiger charge is -1.94. The third-order valence-electron chi connectivity index (χ3n) is 1.61. The third-order valence-corrected chi connectivity index (χ3v) is 1.61. The Balaban J connectivity index is 2.92. The number of rotatable bonds is 1. The molecule has 0 atom stereocenters. The highest BCUT2D eigenvalue weighted by molar-refractivity contribution is 5.36. The summed E-state index contributed by atoms with van der Waals surface area (Å²) < 4.78 is 0. The van der Waals surface area contributed by atoms with Crippen LogP contribution in [0.3, 0.4) is 0 Å². The quantitative estimate of drug-likeness (QED) is 0.608. The summed E-state index contributed by atoms with van der Waals surface area (Å²) in [6.07, 6.45) is 0.679. The largest absolute Gasteiger partial charge is 0.330 e. The van der Waals surface area contributed by atoms with Crippen LogP contribution in [0.25, 0.3) is 0 Å². The van der Waals surface area contributed by atoms with Crippen molar-refractivity contribution in [2.75, 3.05) is 6.54 Å². The molecule has 3 heteroatoms. The van der Waals surface area contributed by atoms with Crippen molar-refractivity contribution in [2.24, 2.45) is 5.73 Å². The van der Waals surface area contributed by atoms with Gasteiger partial charge in [0.1, 0.15) is 0 Å². The fourth-order valence-electron chi connectivity index (χ4n) is 0.943. The van der Waals surface area contributed by atoms with E-state index in [1.807, 2.05) is 6.92 Å². The van der Waals surface area contributed by atoms with Gasteiger partial charge in [0, 0.05) is 30.3 Å². The van der Waals surface area contributed by atoms with Gasteiger partial charge in [0.15, 0.2) is 0 Å². The Morgan fingerprint density at radius 3 is 2.92 bits per heavy atom. The molecule has 0 aromatic carbocycles. The zero-order valence-electron chi connectivity index (χ0n) is 7.55. The van der Waals surface area contributed by atoms with Gasteiger partial charge in [-0.25, -0.2) is 0 Å². The third kappa shape index (κ3) is 2.77. The molecule has 0 radical (unpaired) electrons. The summed E-state index contributed by atoms with van der Waals surface area (Å²) in [6.45, 7) is 2.39. The SMILES string of the molecule is Cc1[nH]c(=O)ccc1C#CCCN. The average molecular weight is 176 g/mol. The molecule has 0 saturated heterocycles. The number of aryl methyl sites for hydroxylation is 1. The van der Waals surface area contributed by atoms with Crippen LogP contribution in [-0.2, 0) is 0 Å². The lowest BCUT2D eigenvalue weighted by molar-refractivity contribution is 1.03. The molecule has 0 saturated carbocycles. The highest BCUT2D eigenvalue weighted by atomic mass is 16.1. The van der Waals surface area contributed by atoms with Gasteiger partial charge in [-0.1, -0.05) is 11.8 Å². The van der Waals surface area contributed by atoms with Gasteiger partial charge in [-0.3, -0.25) is 4.79 Å². The molecular formula is C10H12N2O. The van der Waals surface area contributed by atoms with Crippen LogP contribution in [0.5, 0.6) is 0 Å². The Kier molecular flexibility index (Phi) is 3.30. The normalized spacial score (nSPS) is 9.08. The summed E-state index contributed by atoms with van der Waals surface area (Å²) in [5.41, 5.74) is 6.86. The number of aromatic amines is 1. The maximum Gasteiger partial charge on any atom is 0.248 e. The molecule has 0 amide bonds. The van der Waals surface area contributed by atoms with Gasteiger partial charge in [-0.15, -0.1) is 0 Å². The maximum absolute atomic E-state index is 10.8. The van der Waals surface area contributed by atoms with Gasteiger partial charge >= 0.3 is 0 Å². The number of hydrogen-bond donors (Lipinski definition) is 2. The van der Waals surface area contributed by atoms with Crippen LogP contribution in [-0.4, -0.2) is 11.5 Å². The molecule has 0 aliphatic rings. The van der Waals surface area contributed by atoms with E-state index in [2.05, 4.69) is 16.8 Å². The fraction of sp³-hybridized carbons (Fsp3) is 0.300. The topological polar surface area (TPSA) is 58.9 Å². The summed E-state index contributed by atoms with van der Waals surface area (Å²) in [4.78, 5) is 13.5. The Bertz CT molecular complexity index is 395. The van der Waals surface area contributed by atoms with Crippen molar-refractivity contribution in [1.82, 2.24) is 4.98 Å². The van der Waals surface area contributed by atoms with Crippen molar-refractivity contribution in [1.29, 1.82) is 0 Å². The Labute approximate surface area is 77.0 Å². The first-order valence-electron chi connectivity index (χ1n) is 4.13. The van der Waals surface area contributed by atoms with Gasteiger partial charge in [-0.2, -0.15) is 0 Å². The van der Waals surface area contributed by atoms with Crippen molar-refractivity contribution >= 4 is 0 Å².